The molecule has 0 N–H and O–H groups in total. The predicted octanol–water partition coefficient (Wildman–Crippen LogP) is 4.25. The lowest BCUT2D eigenvalue weighted by Gasteiger charge is -2.32. The van der Waals surface area contributed by atoms with E-state index in [1.807, 2.05) is 58.3 Å². The number of carbonyl (C=O) groups excluding carboxylic acids is 2. The van der Waals surface area contributed by atoms with Gasteiger partial charge in [0.1, 0.15) is 11.5 Å². The zero-order valence-corrected chi connectivity index (χ0v) is 18.8. The van der Waals surface area contributed by atoms with Gasteiger partial charge in [0.2, 0.25) is 0 Å². The van der Waals surface area contributed by atoms with Crippen LogP contribution in [-0.2, 0) is 0 Å². The van der Waals surface area contributed by atoms with Crippen LogP contribution in [0.3, 0.4) is 0 Å². The number of para-hydroxylation sites is 1. The third-order valence-corrected chi connectivity index (χ3v) is 6.47. The van der Waals surface area contributed by atoms with Crippen molar-refractivity contribution in [2.24, 2.45) is 5.92 Å². The Balaban J connectivity index is 1.24. The van der Waals surface area contributed by atoms with E-state index in [1.54, 1.807) is 7.11 Å². The standard InChI is InChI=1S/C26H32N2O4/c1-31-24-8-4-3-7-23(24)26(30)28-17-13-20(14-18-28)19-32-22-11-9-21(10-12-22)25(29)27-15-5-2-6-16-27/h3-4,7-12,20H,2,5-6,13-19H2,1H3. The van der Waals surface area contributed by atoms with Gasteiger partial charge in [-0.3, -0.25) is 9.59 Å². The van der Waals surface area contributed by atoms with Crippen molar-refractivity contribution in [1.82, 2.24) is 9.80 Å². The summed E-state index contributed by atoms with van der Waals surface area (Å²) in [6.07, 6.45) is 5.22. The first-order chi connectivity index (χ1) is 15.7. The number of likely N-dealkylation sites (tertiary alicyclic amines) is 2. The fraction of sp³-hybridized carbons (Fsp3) is 0.462. The lowest BCUT2D eigenvalue weighted by atomic mass is 9.97. The smallest absolute Gasteiger partial charge is 0.257 e. The highest BCUT2D eigenvalue weighted by atomic mass is 16.5. The molecule has 0 spiro atoms. The summed E-state index contributed by atoms with van der Waals surface area (Å²) < 4.78 is 11.3. The Morgan fingerprint density at radius 3 is 2.19 bits per heavy atom. The normalized spacial score (nSPS) is 17.2. The van der Waals surface area contributed by atoms with Crippen molar-refractivity contribution < 1.29 is 19.1 Å². The number of nitrogens with zero attached hydrogens (tertiary/aromatic N) is 2. The molecule has 2 aliphatic rings. The van der Waals surface area contributed by atoms with Crippen LogP contribution in [0.5, 0.6) is 11.5 Å². The molecule has 6 heteroatoms. The molecule has 0 saturated carbocycles. The molecule has 2 aromatic carbocycles. The van der Waals surface area contributed by atoms with E-state index < -0.39 is 0 Å². The summed E-state index contributed by atoms with van der Waals surface area (Å²) in [5, 5.41) is 0. The Morgan fingerprint density at radius 2 is 1.50 bits per heavy atom. The first-order valence-corrected chi connectivity index (χ1v) is 11.6. The molecule has 0 atom stereocenters. The van der Waals surface area contributed by atoms with Crippen LogP contribution in [0.2, 0.25) is 0 Å². The fourth-order valence-corrected chi connectivity index (χ4v) is 4.48. The number of carbonyl (C=O) groups is 2. The van der Waals surface area contributed by atoms with Gasteiger partial charge in [-0.05, 0) is 74.4 Å². The van der Waals surface area contributed by atoms with E-state index in [2.05, 4.69) is 0 Å². The van der Waals surface area contributed by atoms with Crippen LogP contribution in [0.1, 0.15) is 52.8 Å². The first kappa shape index (κ1) is 22.2. The summed E-state index contributed by atoms with van der Waals surface area (Å²) in [7, 11) is 1.59. The van der Waals surface area contributed by atoms with Crippen molar-refractivity contribution in [3.05, 3.63) is 59.7 Å². The van der Waals surface area contributed by atoms with Gasteiger partial charge in [0.05, 0.1) is 19.3 Å². The molecule has 0 aliphatic carbocycles. The highest BCUT2D eigenvalue weighted by Crippen LogP contribution is 2.24. The third kappa shape index (κ3) is 5.23. The SMILES string of the molecule is COc1ccccc1C(=O)N1CCC(COc2ccc(C(=O)N3CCCCC3)cc2)CC1. The number of hydrogen-bond acceptors (Lipinski definition) is 4. The van der Waals surface area contributed by atoms with Gasteiger partial charge < -0.3 is 19.3 Å². The van der Waals surface area contributed by atoms with E-state index in [0.29, 0.717) is 36.9 Å². The molecule has 0 aromatic heterocycles. The van der Waals surface area contributed by atoms with Gasteiger partial charge in [0.15, 0.2) is 0 Å². The lowest BCUT2D eigenvalue weighted by molar-refractivity contribution is 0.0656. The summed E-state index contributed by atoms with van der Waals surface area (Å²) in [4.78, 5) is 29.3. The number of piperidine rings is 2. The maximum Gasteiger partial charge on any atom is 0.257 e. The Kier molecular flexibility index (Phi) is 7.30. The second kappa shape index (κ2) is 10.5. The first-order valence-electron chi connectivity index (χ1n) is 11.6. The van der Waals surface area contributed by atoms with Crippen molar-refractivity contribution in [1.29, 1.82) is 0 Å². The van der Waals surface area contributed by atoms with Gasteiger partial charge in [-0.15, -0.1) is 0 Å². The number of methoxy groups -OCH3 is 1. The summed E-state index contributed by atoms with van der Waals surface area (Å²) in [5.41, 5.74) is 1.34. The average molecular weight is 437 g/mol. The van der Waals surface area contributed by atoms with E-state index in [-0.39, 0.29) is 11.8 Å². The predicted molar refractivity (Wildman–Crippen MR) is 123 cm³/mol. The molecule has 0 unspecified atom stereocenters. The zero-order chi connectivity index (χ0) is 22.3. The molecule has 170 valence electrons. The van der Waals surface area contributed by atoms with Crippen LogP contribution in [0, 0.1) is 5.92 Å². The minimum Gasteiger partial charge on any atom is -0.496 e. The molecular formula is C26H32N2O4. The van der Waals surface area contributed by atoms with E-state index in [1.165, 1.54) is 6.42 Å². The van der Waals surface area contributed by atoms with E-state index in [0.717, 1.165) is 50.1 Å². The quantitative estimate of drug-likeness (QED) is 0.679. The van der Waals surface area contributed by atoms with Crippen molar-refractivity contribution >= 4 is 11.8 Å². The van der Waals surface area contributed by atoms with Gasteiger partial charge in [-0.1, -0.05) is 12.1 Å². The number of rotatable bonds is 6. The molecule has 2 heterocycles. The third-order valence-electron chi connectivity index (χ3n) is 6.47. The highest BCUT2D eigenvalue weighted by molar-refractivity contribution is 5.97. The second-order valence-electron chi connectivity index (χ2n) is 8.62. The summed E-state index contributed by atoms with van der Waals surface area (Å²) >= 11 is 0. The van der Waals surface area contributed by atoms with Gasteiger partial charge in [0, 0.05) is 31.7 Å². The minimum absolute atomic E-state index is 0.0239. The van der Waals surface area contributed by atoms with Crippen LogP contribution in [0.15, 0.2) is 48.5 Å². The van der Waals surface area contributed by atoms with Crippen molar-refractivity contribution in [2.45, 2.75) is 32.1 Å². The monoisotopic (exact) mass is 436 g/mol. The largest absolute Gasteiger partial charge is 0.496 e. The van der Waals surface area contributed by atoms with Crippen LogP contribution >= 0.6 is 0 Å². The summed E-state index contributed by atoms with van der Waals surface area (Å²) in [6, 6.07) is 14.9. The Labute approximate surface area is 190 Å². The Morgan fingerprint density at radius 1 is 0.844 bits per heavy atom. The minimum atomic E-state index is 0.0239. The van der Waals surface area contributed by atoms with Gasteiger partial charge in [-0.2, -0.15) is 0 Å². The number of hydrogen-bond donors (Lipinski definition) is 0. The number of benzene rings is 2. The Bertz CT molecular complexity index is 914. The fourth-order valence-electron chi connectivity index (χ4n) is 4.48. The van der Waals surface area contributed by atoms with Gasteiger partial charge in [-0.25, -0.2) is 0 Å². The molecule has 0 radical (unpaired) electrons. The maximum atomic E-state index is 12.9. The molecule has 2 amide bonds. The molecule has 2 saturated heterocycles. The maximum absolute atomic E-state index is 12.9. The second-order valence-corrected chi connectivity index (χ2v) is 8.62. The van der Waals surface area contributed by atoms with Crippen molar-refractivity contribution in [3.8, 4) is 11.5 Å². The Hall–Kier alpha value is -3.02. The molecule has 4 rings (SSSR count). The molecule has 6 nitrogen and oxygen atoms in total. The summed E-state index contributed by atoms with van der Waals surface area (Å²) in [5.74, 6) is 1.95. The van der Waals surface area contributed by atoms with Crippen LogP contribution in [-0.4, -0.2) is 61.5 Å². The van der Waals surface area contributed by atoms with Gasteiger partial charge >= 0.3 is 0 Å². The lowest BCUT2D eigenvalue weighted by Crippen LogP contribution is -2.39. The van der Waals surface area contributed by atoms with E-state index in [4.69, 9.17) is 9.47 Å². The zero-order valence-electron chi connectivity index (χ0n) is 18.8. The molecule has 0 bridgehead atoms. The van der Waals surface area contributed by atoms with Crippen molar-refractivity contribution in [3.63, 3.8) is 0 Å². The van der Waals surface area contributed by atoms with Gasteiger partial charge in [0.25, 0.3) is 11.8 Å². The topological polar surface area (TPSA) is 59.1 Å². The van der Waals surface area contributed by atoms with E-state index >= 15 is 0 Å². The number of amides is 2. The molecule has 2 fully saturated rings. The number of ether oxygens (including phenoxy) is 2. The van der Waals surface area contributed by atoms with Crippen molar-refractivity contribution in [2.75, 3.05) is 39.9 Å². The van der Waals surface area contributed by atoms with Crippen LogP contribution in [0.25, 0.3) is 0 Å². The van der Waals surface area contributed by atoms with Crippen LogP contribution in [0.4, 0.5) is 0 Å². The molecule has 2 aliphatic heterocycles. The van der Waals surface area contributed by atoms with E-state index in [9.17, 15) is 9.59 Å². The molecule has 2 aromatic rings. The molecule has 32 heavy (non-hydrogen) atoms. The molecular weight excluding hydrogens is 404 g/mol. The highest BCUT2D eigenvalue weighted by Gasteiger charge is 2.25. The average Bonchev–Trinajstić information content (AvgIpc) is 2.87. The van der Waals surface area contributed by atoms with Crippen LogP contribution < -0.4 is 9.47 Å². The summed E-state index contributed by atoms with van der Waals surface area (Å²) in [6.45, 7) is 3.77.